The fraction of sp³-hybridized carbons (Fsp3) is 0.300. The second-order valence-electron chi connectivity index (χ2n) is 3.01. The van der Waals surface area contributed by atoms with Gasteiger partial charge in [0.2, 0.25) is 0 Å². The Morgan fingerprint density at radius 2 is 2.33 bits per heavy atom. The lowest BCUT2D eigenvalue weighted by Gasteiger charge is -2.03. The fourth-order valence-electron chi connectivity index (χ4n) is 1.15. The van der Waals surface area contributed by atoms with E-state index in [9.17, 15) is 9.59 Å². The van der Waals surface area contributed by atoms with E-state index >= 15 is 0 Å². The molecule has 0 saturated carbocycles. The number of hydrogen-bond donors (Lipinski definition) is 1. The van der Waals surface area contributed by atoms with Crippen molar-refractivity contribution in [1.29, 1.82) is 5.26 Å². The average Bonchev–Trinajstić information content (AvgIpc) is 2.20. The quantitative estimate of drug-likeness (QED) is 0.740. The van der Waals surface area contributed by atoms with Crippen molar-refractivity contribution >= 4 is 5.97 Å². The molecule has 0 atom stereocenters. The van der Waals surface area contributed by atoms with Crippen LogP contribution in [-0.2, 0) is 6.54 Å². The normalized spacial score (nSPS) is 9.53. The van der Waals surface area contributed by atoms with Gasteiger partial charge in [0.1, 0.15) is 0 Å². The van der Waals surface area contributed by atoms with E-state index in [4.69, 9.17) is 10.4 Å². The average molecular weight is 206 g/mol. The van der Waals surface area contributed by atoms with Crippen molar-refractivity contribution in [3.63, 3.8) is 0 Å². The summed E-state index contributed by atoms with van der Waals surface area (Å²) in [6.07, 6.45) is 2.40. The molecule has 5 heteroatoms. The van der Waals surface area contributed by atoms with E-state index in [1.165, 1.54) is 16.8 Å². The van der Waals surface area contributed by atoms with Crippen LogP contribution in [0.3, 0.4) is 0 Å². The number of carboxylic acids is 1. The highest BCUT2D eigenvalue weighted by Gasteiger charge is 2.04. The number of aromatic carboxylic acids is 1. The lowest BCUT2D eigenvalue weighted by molar-refractivity contribution is 0.0696. The first-order chi connectivity index (χ1) is 7.15. The van der Waals surface area contributed by atoms with E-state index in [0.29, 0.717) is 19.4 Å². The molecule has 0 aliphatic rings. The molecule has 0 amide bonds. The molecule has 15 heavy (non-hydrogen) atoms. The molecule has 1 aromatic heterocycles. The third kappa shape index (κ3) is 2.95. The molecule has 78 valence electrons. The number of rotatable bonds is 4. The van der Waals surface area contributed by atoms with E-state index in [1.807, 2.05) is 6.07 Å². The van der Waals surface area contributed by atoms with Gasteiger partial charge in [0.15, 0.2) is 0 Å². The van der Waals surface area contributed by atoms with Gasteiger partial charge in [-0.1, -0.05) is 0 Å². The Hall–Kier alpha value is -2.09. The van der Waals surface area contributed by atoms with E-state index in [0.717, 1.165) is 6.07 Å². The van der Waals surface area contributed by atoms with E-state index < -0.39 is 5.97 Å². The minimum absolute atomic E-state index is 0.0171. The fourth-order valence-corrected chi connectivity index (χ4v) is 1.15. The van der Waals surface area contributed by atoms with Crippen molar-refractivity contribution in [3.05, 3.63) is 34.2 Å². The summed E-state index contributed by atoms with van der Waals surface area (Å²) in [7, 11) is 0. The monoisotopic (exact) mass is 206 g/mol. The van der Waals surface area contributed by atoms with E-state index in [1.54, 1.807) is 0 Å². The van der Waals surface area contributed by atoms with E-state index in [2.05, 4.69) is 0 Å². The third-order valence-corrected chi connectivity index (χ3v) is 1.93. The van der Waals surface area contributed by atoms with Gasteiger partial charge >= 0.3 is 5.97 Å². The Morgan fingerprint density at radius 3 is 2.87 bits per heavy atom. The molecule has 1 aromatic rings. The number of nitriles is 1. The molecule has 0 radical (unpaired) electrons. The largest absolute Gasteiger partial charge is 0.478 e. The summed E-state index contributed by atoms with van der Waals surface area (Å²) in [4.78, 5) is 21.9. The van der Waals surface area contributed by atoms with Crippen LogP contribution < -0.4 is 5.56 Å². The standard InChI is InChI=1S/C10H10N2O3/c11-4-1-2-5-12-6-3-8(10(14)15)7-9(12)13/h3,6-7H,1-2,5H2,(H,14,15). The van der Waals surface area contributed by atoms with Crippen LogP contribution in [-0.4, -0.2) is 15.6 Å². The summed E-state index contributed by atoms with van der Waals surface area (Å²) >= 11 is 0. The molecule has 0 aliphatic heterocycles. The van der Waals surface area contributed by atoms with Crippen molar-refractivity contribution in [2.24, 2.45) is 0 Å². The molecule has 0 fully saturated rings. The zero-order chi connectivity index (χ0) is 11.3. The van der Waals surface area contributed by atoms with Crippen LogP contribution in [0.5, 0.6) is 0 Å². The highest BCUT2D eigenvalue weighted by molar-refractivity contribution is 5.87. The molecule has 0 unspecified atom stereocenters. The minimum Gasteiger partial charge on any atom is -0.478 e. The second-order valence-corrected chi connectivity index (χ2v) is 3.01. The van der Waals surface area contributed by atoms with Gasteiger partial charge in [0, 0.05) is 25.2 Å². The topological polar surface area (TPSA) is 83.1 Å². The number of aryl methyl sites for hydroxylation is 1. The van der Waals surface area contributed by atoms with Gasteiger partial charge in [-0.15, -0.1) is 0 Å². The minimum atomic E-state index is -1.11. The number of hydrogen-bond acceptors (Lipinski definition) is 3. The van der Waals surface area contributed by atoms with Gasteiger partial charge in [-0.25, -0.2) is 4.79 Å². The maximum Gasteiger partial charge on any atom is 0.335 e. The summed E-state index contributed by atoms with van der Waals surface area (Å²) < 4.78 is 1.39. The second kappa shape index (κ2) is 4.96. The smallest absolute Gasteiger partial charge is 0.335 e. The van der Waals surface area contributed by atoms with Crippen molar-refractivity contribution in [2.45, 2.75) is 19.4 Å². The first kappa shape index (κ1) is 11.0. The summed E-state index contributed by atoms with van der Waals surface area (Å²) in [5.74, 6) is -1.11. The number of aromatic nitrogens is 1. The van der Waals surface area contributed by atoms with Gasteiger partial charge in [0.05, 0.1) is 11.6 Å². The number of carbonyl (C=O) groups is 1. The van der Waals surface area contributed by atoms with Crippen LogP contribution in [0.4, 0.5) is 0 Å². The Balaban J connectivity index is 2.81. The Labute approximate surface area is 86.2 Å². The van der Waals surface area contributed by atoms with Gasteiger partial charge < -0.3 is 9.67 Å². The van der Waals surface area contributed by atoms with Crippen molar-refractivity contribution in [3.8, 4) is 6.07 Å². The van der Waals surface area contributed by atoms with Crippen LogP contribution in [0, 0.1) is 11.3 Å². The Bertz CT molecular complexity index is 456. The van der Waals surface area contributed by atoms with Crippen LogP contribution in [0.1, 0.15) is 23.2 Å². The maximum absolute atomic E-state index is 11.4. The van der Waals surface area contributed by atoms with Gasteiger partial charge in [-0.3, -0.25) is 4.79 Å². The lowest BCUT2D eigenvalue weighted by atomic mass is 10.2. The molecule has 5 nitrogen and oxygen atoms in total. The summed E-state index contributed by atoms with van der Waals surface area (Å²) in [5.41, 5.74) is -0.371. The van der Waals surface area contributed by atoms with Gasteiger partial charge in [0.25, 0.3) is 5.56 Å². The molecule has 1 rings (SSSR count). The van der Waals surface area contributed by atoms with Crippen molar-refractivity contribution in [1.82, 2.24) is 4.57 Å². The highest BCUT2D eigenvalue weighted by Crippen LogP contribution is 1.96. The summed E-state index contributed by atoms with van der Waals surface area (Å²) in [6.45, 7) is 0.437. The lowest BCUT2D eigenvalue weighted by Crippen LogP contribution is -2.20. The number of carboxylic acid groups (broad SMARTS) is 1. The molecular weight excluding hydrogens is 196 g/mol. The van der Waals surface area contributed by atoms with Crippen LogP contribution >= 0.6 is 0 Å². The summed E-state index contributed by atoms with van der Waals surface area (Å²) in [5, 5.41) is 16.9. The molecule has 0 spiro atoms. The number of nitrogens with zero attached hydrogens (tertiary/aromatic N) is 2. The maximum atomic E-state index is 11.4. The molecule has 0 aliphatic carbocycles. The SMILES string of the molecule is N#CCCCn1ccc(C(=O)O)cc1=O. The molecular formula is C10H10N2O3. The molecule has 0 bridgehead atoms. The van der Waals surface area contributed by atoms with Crippen LogP contribution in [0.2, 0.25) is 0 Å². The van der Waals surface area contributed by atoms with E-state index in [-0.39, 0.29) is 11.1 Å². The Kier molecular flexibility index (Phi) is 3.63. The molecule has 1 heterocycles. The van der Waals surface area contributed by atoms with Crippen molar-refractivity contribution < 1.29 is 9.90 Å². The third-order valence-electron chi connectivity index (χ3n) is 1.93. The zero-order valence-electron chi connectivity index (χ0n) is 8.01. The number of unbranched alkanes of at least 4 members (excludes halogenated alkanes) is 1. The Morgan fingerprint density at radius 1 is 1.60 bits per heavy atom. The van der Waals surface area contributed by atoms with Crippen molar-refractivity contribution in [2.75, 3.05) is 0 Å². The van der Waals surface area contributed by atoms with Crippen LogP contribution in [0.15, 0.2) is 23.1 Å². The molecule has 0 saturated heterocycles. The summed E-state index contributed by atoms with van der Waals surface area (Å²) in [6, 6.07) is 4.43. The molecule has 1 N–H and O–H groups in total. The first-order valence-corrected chi connectivity index (χ1v) is 4.46. The van der Waals surface area contributed by atoms with Gasteiger partial charge in [-0.05, 0) is 12.5 Å². The van der Waals surface area contributed by atoms with Crippen LogP contribution in [0.25, 0.3) is 0 Å². The highest BCUT2D eigenvalue weighted by atomic mass is 16.4. The predicted octanol–water partition coefficient (Wildman–Crippen LogP) is 0.850. The number of pyridine rings is 1. The first-order valence-electron chi connectivity index (χ1n) is 4.46. The predicted molar refractivity (Wildman–Crippen MR) is 52.5 cm³/mol. The molecule has 0 aromatic carbocycles. The zero-order valence-corrected chi connectivity index (χ0v) is 8.01. The van der Waals surface area contributed by atoms with Gasteiger partial charge in [-0.2, -0.15) is 5.26 Å².